The van der Waals surface area contributed by atoms with E-state index in [-0.39, 0.29) is 30.6 Å². The van der Waals surface area contributed by atoms with Crippen LogP contribution in [0.15, 0.2) is 36.5 Å². The molecule has 2 heterocycles. The molecule has 0 radical (unpaired) electrons. The van der Waals surface area contributed by atoms with Crippen LogP contribution in [0.25, 0.3) is 5.69 Å². The molecule has 148 valence electrons. The monoisotopic (exact) mass is 384 g/mol. The summed E-state index contributed by atoms with van der Waals surface area (Å²) in [4.78, 5) is 36.8. The normalized spacial score (nSPS) is 13.6. The van der Waals surface area contributed by atoms with E-state index in [1.165, 1.54) is 17.1 Å². The Morgan fingerprint density at radius 1 is 1.07 bits per heavy atom. The lowest BCUT2D eigenvalue weighted by molar-refractivity contribution is -0.142. The van der Waals surface area contributed by atoms with Gasteiger partial charge in [0.25, 0.3) is 5.91 Å². The largest absolute Gasteiger partial charge is 0.469 e. The van der Waals surface area contributed by atoms with Crippen LogP contribution >= 0.6 is 0 Å². The highest BCUT2D eigenvalue weighted by Crippen LogP contribution is 2.20. The van der Waals surface area contributed by atoms with E-state index in [0.29, 0.717) is 25.1 Å². The van der Waals surface area contributed by atoms with Gasteiger partial charge in [-0.2, -0.15) is 5.10 Å². The van der Waals surface area contributed by atoms with E-state index < -0.39 is 0 Å². The first-order chi connectivity index (χ1) is 13.5. The number of hydrazine groups is 1. The van der Waals surface area contributed by atoms with Gasteiger partial charge in [0.05, 0.1) is 30.3 Å². The second kappa shape index (κ2) is 8.69. The number of methoxy groups -OCH3 is 1. The molecule has 1 fully saturated rings. The lowest BCUT2D eigenvalue weighted by Crippen LogP contribution is -2.44. The molecule has 1 saturated heterocycles. The average Bonchev–Trinajstić information content (AvgIpc) is 3.35. The molecule has 0 atom stereocenters. The summed E-state index contributed by atoms with van der Waals surface area (Å²) in [6.07, 6.45) is 3.05. The lowest BCUT2D eigenvalue weighted by atomic mass is 10.2. The number of benzene rings is 1. The Hall–Kier alpha value is -3.16. The maximum absolute atomic E-state index is 13.1. The van der Waals surface area contributed by atoms with Crippen molar-refractivity contribution in [2.24, 2.45) is 0 Å². The predicted octanol–water partition coefficient (Wildman–Crippen LogP) is 2.11. The summed E-state index contributed by atoms with van der Waals surface area (Å²) >= 11 is 0. The highest BCUT2D eigenvalue weighted by molar-refractivity contribution is 5.96. The van der Waals surface area contributed by atoms with Crippen LogP contribution in [-0.2, 0) is 14.3 Å². The number of ether oxygens (including phenoxy) is 1. The van der Waals surface area contributed by atoms with Crippen molar-refractivity contribution in [3.63, 3.8) is 0 Å². The van der Waals surface area contributed by atoms with Gasteiger partial charge in [0.2, 0.25) is 5.91 Å². The Morgan fingerprint density at radius 3 is 2.50 bits per heavy atom. The van der Waals surface area contributed by atoms with E-state index in [4.69, 9.17) is 0 Å². The van der Waals surface area contributed by atoms with Crippen molar-refractivity contribution in [1.29, 1.82) is 0 Å². The van der Waals surface area contributed by atoms with Crippen molar-refractivity contribution in [1.82, 2.24) is 19.8 Å². The standard InChI is InChI=1S/C20H24N4O4/c1-15-17(14-21-24(15)16-8-4-3-5-9-16)20(27)23-13-7-12-22(23)18(25)10-6-11-19(26)28-2/h3-5,8-9,14H,6-7,10-13H2,1-2H3. The summed E-state index contributed by atoms with van der Waals surface area (Å²) in [6.45, 7) is 2.82. The number of para-hydroxylation sites is 1. The number of nitrogens with zero attached hydrogens (tertiary/aromatic N) is 4. The zero-order chi connectivity index (χ0) is 20.1. The Kier molecular flexibility index (Phi) is 6.08. The minimum Gasteiger partial charge on any atom is -0.469 e. The van der Waals surface area contributed by atoms with E-state index in [1.54, 1.807) is 10.9 Å². The molecule has 1 aromatic heterocycles. The van der Waals surface area contributed by atoms with Crippen LogP contribution in [0.3, 0.4) is 0 Å². The van der Waals surface area contributed by atoms with Crippen LogP contribution in [0.5, 0.6) is 0 Å². The molecule has 0 spiro atoms. The highest BCUT2D eigenvalue weighted by Gasteiger charge is 2.32. The Morgan fingerprint density at radius 2 is 1.79 bits per heavy atom. The topological polar surface area (TPSA) is 84.7 Å². The van der Waals surface area contributed by atoms with E-state index in [2.05, 4.69) is 9.84 Å². The zero-order valence-corrected chi connectivity index (χ0v) is 16.1. The minimum atomic E-state index is -0.342. The van der Waals surface area contributed by atoms with Gasteiger partial charge in [0, 0.05) is 25.9 Å². The maximum atomic E-state index is 13.1. The van der Waals surface area contributed by atoms with Crippen LogP contribution < -0.4 is 0 Å². The first kappa shape index (κ1) is 19.6. The number of carbonyl (C=O) groups excluding carboxylic acids is 3. The van der Waals surface area contributed by atoms with Gasteiger partial charge in [-0.15, -0.1) is 0 Å². The van der Waals surface area contributed by atoms with Gasteiger partial charge < -0.3 is 4.74 Å². The van der Waals surface area contributed by atoms with E-state index in [0.717, 1.165) is 17.8 Å². The summed E-state index contributed by atoms with van der Waals surface area (Å²) in [5, 5.41) is 7.31. The van der Waals surface area contributed by atoms with Crippen LogP contribution in [0.4, 0.5) is 0 Å². The highest BCUT2D eigenvalue weighted by atomic mass is 16.5. The Bertz CT molecular complexity index is 862. The summed E-state index contributed by atoms with van der Waals surface area (Å²) in [5.74, 6) is -0.743. The van der Waals surface area contributed by atoms with Crippen molar-refractivity contribution >= 4 is 17.8 Å². The van der Waals surface area contributed by atoms with Gasteiger partial charge >= 0.3 is 5.97 Å². The molecule has 0 N–H and O–H groups in total. The summed E-state index contributed by atoms with van der Waals surface area (Å²) in [6, 6.07) is 9.57. The smallest absolute Gasteiger partial charge is 0.305 e. The molecule has 0 unspecified atom stereocenters. The number of carbonyl (C=O) groups is 3. The van der Waals surface area contributed by atoms with Crippen molar-refractivity contribution in [3.05, 3.63) is 47.8 Å². The summed E-state index contributed by atoms with van der Waals surface area (Å²) in [5.41, 5.74) is 2.07. The first-order valence-corrected chi connectivity index (χ1v) is 9.32. The molecule has 1 aliphatic heterocycles. The molecule has 1 aliphatic rings. The molecular weight excluding hydrogens is 360 g/mol. The first-order valence-electron chi connectivity index (χ1n) is 9.32. The van der Waals surface area contributed by atoms with Crippen LogP contribution in [0.1, 0.15) is 41.7 Å². The number of aromatic nitrogens is 2. The van der Waals surface area contributed by atoms with Crippen LogP contribution in [0, 0.1) is 6.92 Å². The summed E-state index contributed by atoms with van der Waals surface area (Å²) in [7, 11) is 1.32. The fourth-order valence-corrected chi connectivity index (χ4v) is 3.29. The van der Waals surface area contributed by atoms with E-state index in [9.17, 15) is 14.4 Å². The number of amides is 2. The number of esters is 1. The second-order valence-corrected chi connectivity index (χ2v) is 6.62. The number of rotatable bonds is 6. The summed E-state index contributed by atoms with van der Waals surface area (Å²) < 4.78 is 6.30. The SMILES string of the molecule is COC(=O)CCCC(=O)N1CCCN1C(=O)c1cnn(-c2ccccc2)c1C. The molecule has 8 heteroatoms. The van der Waals surface area contributed by atoms with Gasteiger partial charge in [-0.3, -0.25) is 19.4 Å². The molecule has 0 aliphatic carbocycles. The van der Waals surface area contributed by atoms with Gasteiger partial charge in [-0.1, -0.05) is 18.2 Å². The molecule has 3 rings (SSSR count). The minimum absolute atomic E-state index is 0.164. The van der Waals surface area contributed by atoms with Crippen LogP contribution in [0.2, 0.25) is 0 Å². The van der Waals surface area contributed by atoms with Crippen molar-refractivity contribution in [2.75, 3.05) is 20.2 Å². The van der Waals surface area contributed by atoms with E-state index in [1.807, 2.05) is 37.3 Å². The fraction of sp³-hybridized carbons (Fsp3) is 0.400. The van der Waals surface area contributed by atoms with Crippen molar-refractivity contribution < 1.29 is 19.1 Å². The molecule has 28 heavy (non-hydrogen) atoms. The molecule has 2 amide bonds. The van der Waals surface area contributed by atoms with Gasteiger partial charge in [0.15, 0.2) is 0 Å². The van der Waals surface area contributed by atoms with Crippen molar-refractivity contribution in [3.8, 4) is 5.69 Å². The van der Waals surface area contributed by atoms with Crippen LogP contribution in [-0.4, -0.2) is 57.8 Å². The van der Waals surface area contributed by atoms with E-state index >= 15 is 0 Å². The lowest BCUT2D eigenvalue weighted by Gasteiger charge is -2.27. The molecule has 8 nitrogen and oxygen atoms in total. The molecular formula is C20H24N4O4. The molecule has 1 aromatic carbocycles. The third-order valence-electron chi connectivity index (χ3n) is 4.79. The molecule has 0 bridgehead atoms. The Labute approximate surface area is 163 Å². The maximum Gasteiger partial charge on any atom is 0.305 e. The molecule has 2 aromatic rings. The zero-order valence-electron chi connectivity index (χ0n) is 16.1. The van der Waals surface area contributed by atoms with Gasteiger partial charge in [-0.25, -0.2) is 9.69 Å². The molecule has 0 saturated carbocycles. The van der Waals surface area contributed by atoms with Gasteiger partial charge in [-0.05, 0) is 31.9 Å². The quantitative estimate of drug-likeness (QED) is 0.712. The number of hydrogen-bond donors (Lipinski definition) is 0. The third-order valence-corrected chi connectivity index (χ3v) is 4.79. The predicted molar refractivity (Wildman–Crippen MR) is 102 cm³/mol. The second-order valence-electron chi connectivity index (χ2n) is 6.62. The average molecular weight is 384 g/mol. The number of hydrogen-bond acceptors (Lipinski definition) is 5. The Balaban J connectivity index is 1.70. The fourth-order valence-electron chi connectivity index (χ4n) is 3.29. The third kappa shape index (κ3) is 4.05. The van der Waals surface area contributed by atoms with Crippen molar-refractivity contribution in [2.45, 2.75) is 32.6 Å². The van der Waals surface area contributed by atoms with Gasteiger partial charge in [0.1, 0.15) is 0 Å².